The van der Waals surface area contributed by atoms with Gasteiger partial charge in [0.25, 0.3) is 0 Å². The van der Waals surface area contributed by atoms with Gasteiger partial charge in [0.15, 0.2) is 0 Å². The summed E-state index contributed by atoms with van der Waals surface area (Å²) >= 11 is 0. The molecule has 1 aromatic heterocycles. The molecule has 0 saturated carbocycles. The van der Waals surface area contributed by atoms with Crippen molar-refractivity contribution in [1.29, 1.82) is 0 Å². The van der Waals surface area contributed by atoms with Crippen LogP contribution in [0.1, 0.15) is 31.2 Å². The number of aromatic nitrogens is 1. The number of piperidine rings is 1. The first kappa shape index (κ1) is 13.0. The van der Waals surface area contributed by atoms with E-state index in [1.807, 2.05) is 13.0 Å². The number of carbonyl (C=O) groups excluding carboxylic acids is 1. The molecular weight excluding hydrogens is 226 g/mol. The Labute approximate surface area is 108 Å². The van der Waals surface area contributed by atoms with E-state index in [2.05, 4.69) is 15.6 Å². The lowest BCUT2D eigenvalue weighted by Crippen LogP contribution is -2.28. The SMILES string of the molecule is Cc1cnccc1NC(=O)CCC1CCNCC1. The number of hydrogen-bond acceptors (Lipinski definition) is 3. The summed E-state index contributed by atoms with van der Waals surface area (Å²) in [6.45, 7) is 4.14. The van der Waals surface area contributed by atoms with E-state index in [1.54, 1.807) is 12.4 Å². The Balaban J connectivity index is 1.76. The largest absolute Gasteiger partial charge is 0.326 e. The minimum atomic E-state index is 0.114. The molecule has 2 rings (SSSR count). The summed E-state index contributed by atoms with van der Waals surface area (Å²) in [5.41, 5.74) is 1.88. The zero-order chi connectivity index (χ0) is 12.8. The number of nitrogens with zero attached hydrogens (tertiary/aromatic N) is 1. The lowest BCUT2D eigenvalue weighted by Gasteiger charge is -2.22. The van der Waals surface area contributed by atoms with Crippen LogP contribution < -0.4 is 10.6 Å². The third-order valence-corrected chi connectivity index (χ3v) is 3.53. The quantitative estimate of drug-likeness (QED) is 0.856. The van der Waals surface area contributed by atoms with Gasteiger partial charge < -0.3 is 10.6 Å². The monoisotopic (exact) mass is 247 g/mol. The molecule has 18 heavy (non-hydrogen) atoms. The molecule has 1 aliphatic heterocycles. The normalized spacial score (nSPS) is 16.5. The summed E-state index contributed by atoms with van der Waals surface area (Å²) in [5, 5.41) is 6.30. The summed E-state index contributed by atoms with van der Waals surface area (Å²) in [6.07, 6.45) is 7.48. The third kappa shape index (κ3) is 3.81. The number of hydrogen-bond donors (Lipinski definition) is 2. The molecule has 98 valence electrons. The van der Waals surface area contributed by atoms with Gasteiger partial charge in [0.05, 0.1) is 0 Å². The second-order valence-corrected chi connectivity index (χ2v) is 4.97. The molecule has 0 bridgehead atoms. The molecule has 1 fully saturated rings. The number of amides is 1. The molecule has 4 heteroatoms. The molecule has 2 N–H and O–H groups in total. The molecule has 1 saturated heterocycles. The Bertz CT molecular complexity index is 400. The fraction of sp³-hybridized carbons (Fsp3) is 0.571. The number of nitrogens with one attached hydrogen (secondary N) is 2. The van der Waals surface area contributed by atoms with E-state index in [0.717, 1.165) is 30.8 Å². The smallest absolute Gasteiger partial charge is 0.224 e. The second-order valence-electron chi connectivity index (χ2n) is 4.97. The number of pyridine rings is 1. The van der Waals surface area contributed by atoms with Crippen LogP contribution in [0.15, 0.2) is 18.5 Å². The Morgan fingerprint density at radius 3 is 3.00 bits per heavy atom. The minimum absolute atomic E-state index is 0.114. The summed E-state index contributed by atoms with van der Waals surface area (Å²) < 4.78 is 0. The lowest BCUT2D eigenvalue weighted by atomic mass is 9.93. The predicted molar refractivity (Wildman–Crippen MR) is 72.4 cm³/mol. The Hall–Kier alpha value is -1.42. The van der Waals surface area contributed by atoms with E-state index >= 15 is 0 Å². The standard InChI is InChI=1S/C14H21N3O/c1-11-10-16-9-6-13(11)17-14(18)3-2-12-4-7-15-8-5-12/h6,9-10,12,15H,2-5,7-8H2,1H3,(H,16,17,18). The van der Waals surface area contributed by atoms with Gasteiger partial charge >= 0.3 is 0 Å². The van der Waals surface area contributed by atoms with Crippen LogP contribution in [-0.2, 0) is 4.79 Å². The van der Waals surface area contributed by atoms with Gasteiger partial charge in [-0.05, 0) is 56.8 Å². The van der Waals surface area contributed by atoms with Crippen molar-refractivity contribution in [3.05, 3.63) is 24.0 Å². The van der Waals surface area contributed by atoms with E-state index < -0.39 is 0 Å². The van der Waals surface area contributed by atoms with Crippen molar-refractivity contribution in [3.63, 3.8) is 0 Å². The maximum Gasteiger partial charge on any atom is 0.224 e. The molecule has 0 aromatic carbocycles. The van der Waals surface area contributed by atoms with Crippen LogP contribution in [0.25, 0.3) is 0 Å². The Morgan fingerprint density at radius 1 is 1.50 bits per heavy atom. The summed E-state index contributed by atoms with van der Waals surface area (Å²) in [7, 11) is 0. The van der Waals surface area contributed by atoms with Gasteiger partial charge in [-0.25, -0.2) is 0 Å². The predicted octanol–water partition coefficient (Wildman–Crippen LogP) is 2.11. The van der Waals surface area contributed by atoms with Gasteiger partial charge in [-0.3, -0.25) is 9.78 Å². The van der Waals surface area contributed by atoms with Crippen molar-refractivity contribution >= 4 is 11.6 Å². The summed E-state index contributed by atoms with van der Waals surface area (Å²) in [4.78, 5) is 15.9. The summed E-state index contributed by atoms with van der Waals surface area (Å²) in [5.74, 6) is 0.818. The van der Waals surface area contributed by atoms with Crippen LogP contribution in [0.3, 0.4) is 0 Å². The van der Waals surface area contributed by atoms with Crippen molar-refractivity contribution in [2.75, 3.05) is 18.4 Å². The Kier molecular flexibility index (Phi) is 4.70. The number of rotatable bonds is 4. The van der Waals surface area contributed by atoms with Crippen molar-refractivity contribution < 1.29 is 4.79 Å². The zero-order valence-electron chi connectivity index (χ0n) is 10.9. The molecule has 0 aliphatic carbocycles. The molecule has 4 nitrogen and oxygen atoms in total. The molecule has 0 atom stereocenters. The van der Waals surface area contributed by atoms with Crippen molar-refractivity contribution in [1.82, 2.24) is 10.3 Å². The fourth-order valence-corrected chi connectivity index (χ4v) is 2.33. The van der Waals surface area contributed by atoms with Gasteiger partial charge in [-0.15, -0.1) is 0 Å². The molecule has 0 spiro atoms. The van der Waals surface area contributed by atoms with Crippen molar-refractivity contribution in [2.45, 2.75) is 32.6 Å². The van der Waals surface area contributed by atoms with E-state index in [9.17, 15) is 4.79 Å². The van der Waals surface area contributed by atoms with E-state index in [4.69, 9.17) is 0 Å². The average Bonchev–Trinajstić information content (AvgIpc) is 2.40. The number of aryl methyl sites for hydroxylation is 1. The number of anilines is 1. The van der Waals surface area contributed by atoms with Gasteiger partial charge in [0.1, 0.15) is 0 Å². The lowest BCUT2D eigenvalue weighted by molar-refractivity contribution is -0.116. The van der Waals surface area contributed by atoms with Crippen LogP contribution in [-0.4, -0.2) is 24.0 Å². The minimum Gasteiger partial charge on any atom is -0.326 e. The molecule has 0 radical (unpaired) electrons. The van der Waals surface area contributed by atoms with Crippen molar-refractivity contribution in [2.24, 2.45) is 5.92 Å². The third-order valence-electron chi connectivity index (χ3n) is 3.53. The highest BCUT2D eigenvalue weighted by Gasteiger charge is 2.14. The first-order valence-corrected chi connectivity index (χ1v) is 6.67. The summed E-state index contributed by atoms with van der Waals surface area (Å²) in [6, 6.07) is 1.85. The first-order chi connectivity index (χ1) is 8.75. The topological polar surface area (TPSA) is 54.0 Å². The second kappa shape index (κ2) is 6.50. The van der Waals surface area contributed by atoms with Crippen LogP contribution in [0.5, 0.6) is 0 Å². The van der Waals surface area contributed by atoms with E-state index in [1.165, 1.54) is 12.8 Å². The molecule has 1 aliphatic rings. The van der Waals surface area contributed by atoms with Crippen LogP contribution >= 0.6 is 0 Å². The number of carbonyl (C=O) groups is 1. The molecule has 0 unspecified atom stereocenters. The van der Waals surface area contributed by atoms with Crippen LogP contribution in [0, 0.1) is 12.8 Å². The van der Waals surface area contributed by atoms with E-state index in [0.29, 0.717) is 12.3 Å². The Morgan fingerprint density at radius 2 is 2.28 bits per heavy atom. The maximum absolute atomic E-state index is 11.9. The fourth-order valence-electron chi connectivity index (χ4n) is 2.33. The van der Waals surface area contributed by atoms with Crippen LogP contribution in [0.4, 0.5) is 5.69 Å². The molecule has 2 heterocycles. The van der Waals surface area contributed by atoms with Crippen LogP contribution in [0.2, 0.25) is 0 Å². The molecular formula is C14H21N3O. The van der Waals surface area contributed by atoms with Gasteiger partial charge in [-0.2, -0.15) is 0 Å². The highest BCUT2D eigenvalue weighted by atomic mass is 16.1. The molecule has 1 amide bonds. The van der Waals surface area contributed by atoms with Gasteiger partial charge in [0.2, 0.25) is 5.91 Å². The van der Waals surface area contributed by atoms with Gasteiger partial charge in [0, 0.05) is 24.5 Å². The van der Waals surface area contributed by atoms with Crippen molar-refractivity contribution in [3.8, 4) is 0 Å². The first-order valence-electron chi connectivity index (χ1n) is 6.67. The maximum atomic E-state index is 11.9. The highest BCUT2D eigenvalue weighted by molar-refractivity contribution is 5.91. The average molecular weight is 247 g/mol. The zero-order valence-corrected chi connectivity index (χ0v) is 10.9. The highest BCUT2D eigenvalue weighted by Crippen LogP contribution is 2.18. The van der Waals surface area contributed by atoms with Gasteiger partial charge in [-0.1, -0.05) is 0 Å². The van der Waals surface area contributed by atoms with E-state index in [-0.39, 0.29) is 5.91 Å². The molecule has 1 aromatic rings.